The fourth-order valence-corrected chi connectivity index (χ4v) is 2.65. The topological polar surface area (TPSA) is 55.1 Å². The third-order valence-electron chi connectivity index (χ3n) is 3.40. The van der Waals surface area contributed by atoms with Crippen LogP contribution in [0.2, 0.25) is 10.0 Å². The van der Waals surface area contributed by atoms with Gasteiger partial charge in [0.05, 0.1) is 10.0 Å². The van der Waals surface area contributed by atoms with E-state index in [4.69, 9.17) is 28.9 Å². The van der Waals surface area contributed by atoms with Gasteiger partial charge in [-0.3, -0.25) is 4.79 Å². The van der Waals surface area contributed by atoms with E-state index in [1.165, 1.54) is 0 Å². The van der Waals surface area contributed by atoms with Crippen molar-refractivity contribution in [3.05, 3.63) is 63.6 Å². The molecule has 110 valence electrons. The fourth-order valence-electron chi connectivity index (χ4n) is 2.16. The molecule has 5 heteroatoms. The lowest BCUT2D eigenvalue weighted by Crippen LogP contribution is -2.45. The lowest BCUT2D eigenvalue weighted by Gasteiger charge is -2.30. The molecule has 2 aromatic rings. The van der Waals surface area contributed by atoms with E-state index >= 15 is 0 Å². The number of nitrogens with one attached hydrogen (secondary N) is 1. The predicted octanol–water partition coefficient (Wildman–Crippen LogP) is 4.11. The molecule has 1 amide bonds. The van der Waals surface area contributed by atoms with Gasteiger partial charge in [0.25, 0.3) is 0 Å². The van der Waals surface area contributed by atoms with Crippen molar-refractivity contribution in [2.24, 2.45) is 5.73 Å². The van der Waals surface area contributed by atoms with E-state index in [1.54, 1.807) is 25.1 Å². The van der Waals surface area contributed by atoms with Crippen LogP contribution in [-0.4, -0.2) is 5.91 Å². The largest absolute Gasteiger partial charge is 0.368 e. The Morgan fingerprint density at radius 2 is 1.86 bits per heavy atom. The van der Waals surface area contributed by atoms with Crippen molar-refractivity contribution in [3.8, 4) is 0 Å². The van der Waals surface area contributed by atoms with Crippen molar-refractivity contribution in [3.63, 3.8) is 0 Å². The van der Waals surface area contributed by atoms with Gasteiger partial charge in [-0.25, -0.2) is 0 Å². The van der Waals surface area contributed by atoms with Crippen LogP contribution in [0.5, 0.6) is 0 Å². The van der Waals surface area contributed by atoms with Gasteiger partial charge >= 0.3 is 0 Å². The third kappa shape index (κ3) is 3.14. The average Bonchev–Trinajstić information content (AvgIpc) is 2.41. The van der Waals surface area contributed by atoms with Crippen molar-refractivity contribution in [1.82, 2.24) is 0 Å². The Kier molecular flexibility index (Phi) is 4.45. The van der Waals surface area contributed by atoms with Gasteiger partial charge in [-0.1, -0.05) is 47.5 Å². The van der Waals surface area contributed by atoms with Gasteiger partial charge in [0.2, 0.25) is 5.91 Å². The van der Waals surface area contributed by atoms with Gasteiger partial charge in [0, 0.05) is 11.3 Å². The Bertz CT molecular complexity index is 688. The summed E-state index contributed by atoms with van der Waals surface area (Å²) in [5, 5.41) is 3.86. The number of amides is 1. The molecule has 2 aromatic carbocycles. The zero-order chi connectivity index (χ0) is 15.6. The molecule has 2 rings (SSSR count). The van der Waals surface area contributed by atoms with E-state index in [1.807, 2.05) is 31.2 Å². The lowest BCUT2D eigenvalue weighted by molar-refractivity contribution is -0.122. The maximum absolute atomic E-state index is 12.0. The Morgan fingerprint density at radius 1 is 1.19 bits per heavy atom. The highest BCUT2D eigenvalue weighted by atomic mass is 35.5. The quantitative estimate of drug-likeness (QED) is 0.889. The van der Waals surface area contributed by atoms with E-state index < -0.39 is 11.4 Å². The summed E-state index contributed by atoms with van der Waals surface area (Å²) in [6.07, 6.45) is 0. The molecule has 0 aliphatic rings. The minimum atomic E-state index is -1.16. The van der Waals surface area contributed by atoms with Gasteiger partial charge in [-0.2, -0.15) is 0 Å². The van der Waals surface area contributed by atoms with Crippen LogP contribution in [0.4, 0.5) is 5.69 Å². The molecular weight excluding hydrogens is 307 g/mol. The molecule has 0 aliphatic carbocycles. The molecule has 0 aromatic heterocycles. The minimum absolute atomic E-state index is 0.320. The van der Waals surface area contributed by atoms with Gasteiger partial charge in [0.1, 0.15) is 5.54 Å². The van der Waals surface area contributed by atoms with Crippen LogP contribution in [0, 0.1) is 6.92 Å². The summed E-state index contributed by atoms with van der Waals surface area (Å²) in [4.78, 5) is 12.0. The molecule has 21 heavy (non-hydrogen) atoms. The van der Waals surface area contributed by atoms with E-state index in [0.29, 0.717) is 15.6 Å². The molecular formula is C16H16Cl2N2O. The first-order chi connectivity index (χ1) is 9.84. The van der Waals surface area contributed by atoms with E-state index in [2.05, 4.69) is 5.32 Å². The number of nitrogens with two attached hydrogens (primary N) is 1. The Hall–Kier alpha value is -1.71. The van der Waals surface area contributed by atoms with Gasteiger partial charge in [-0.05, 0) is 37.6 Å². The Balaban J connectivity index is 2.51. The van der Waals surface area contributed by atoms with Crippen LogP contribution >= 0.6 is 23.2 Å². The summed E-state index contributed by atoms with van der Waals surface area (Å²) in [5.74, 6) is -0.534. The molecule has 0 heterocycles. The van der Waals surface area contributed by atoms with Crippen molar-refractivity contribution in [2.45, 2.75) is 19.4 Å². The summed E-state index contributed by atoms with van der Waals surface area (Å²) >= 11 is 12.3. The Labute approximate surface area is 134 Å². The standard InChI is InChI=1S/C16H16Cl2N2O/c1-10-5-3-6-11(9-10)20-16(2,15(19)21)12-7-4-8-13(17)14(12)18/h3-9,20H,1-2H3,(H2,19,21). The normalized spacial score (nSPS) is 13.5. The number of benzene rings is 2. The SMILES string of the molecule is Cc1cccc(NC(C)(C(N)=O)c2cccc(Cl)c2Cl)c1. The second-order valence-electron chi connectivity index (χ2n) is 5.09. The maximum Gasteiger partial charge on any atom is 0.247 e. The number of anilines is 1. The van der Waals surface area contributed by atoms with Crippen molar-refractivity contribution < 1.29 is 4.79 Å². The summed E-state index contributed by atoms with van der Waals surface area (Å²) in [6, 6.07) is 12.8. The molecule has 1 unspecified atom stereocenters. The highest BCUT2D eigenvalue weighted by molar-refractivity contribution is 6.42. The highest BCUT2D eigenvalue weighted by Gasteiger charge is 2.35. The molecule has 0 saturated heterocycles. The fraction of sp³-hybridized carbons (Fsp3) is 0.188. The van der Waals surface area contributed by atoms with E-state index in [0.717, 1.165) is 11.3 Å². The average molecular weight is 323 g/mol. The first-order valence-corrected chi connectivity index (χ1v) is 7.19. The molecule has 0 fully saturated rings. The second-order valence-corrected chi connectivity index (χ2v) is 5.87. The second kappa shape index (κ2) is 5.96. The molecule has 0 radical (unpaired) electrons. The lowest BCUT2D eigenvalue weighted by atomic mass is 9.90. The van der Waals surface area contributed by atoms with Gasteiger partial charge in [0.15, 0.2) is 0 Å². The zero-order valence-corrected chi connectivity index (χ0v) is 13.3. The highest BCUT2D eigenvalue weighted by Crippen LogP contribution is 2.35. The van der Waals surface area contributed by atoms with Crippen LogP contribution in [0.15, 0.2) is 42.5 Å². The van der Waals surface area contributed by atoms with Crippen LogP contribution in [0.25, 0.3) is 0 Å². The van der Waals surface area contributed by atoms with Gasteiger partial charge in [-0.15, -0.1) is 0 Å². The van der Waals surface area contributed by atoms with E-state index in [9.17, 15) is 4.79 Å². The zero-order valence-electron chi connectivity index (χ0n) is 11.8. The first kappa shape index (κ1) is 15.7. The number of primary amides is 1. The summed E-state index contributed by atoms with van der Waals surface area (Å²) < 4.78 is 0. The number of hydrogen-bond acceptors (Lipinski definition) is 2. The summed E-state index contributed by atoms with van der Waals surface area (Å²) in [7, 11) is 0. The number of halogens is 2. The number of carbonyl (C=O) groups excluding carboxylic acids is 1. The summed E-state index contributed by atoms with van der Waals surface area (Å²) in [5.41, 5.74) is 6.85. The maximum atomic E-state index is 12.0. The predicted molar refractivity (Wildman–Crippen MR) is 87.8 cm³/mol. The van der Waals surface area contributed by atoms with Crippen molar-refractivity contribution >= 4 is 34.8 Å². The molecule has 3 N–H and O–H groups in total. The molecule has 0 saturated carbocycles. The van der Waals surface area contributed by atoms with Crippen molar-refractivity contribution in [1.29, 1.82) is 0 Å². The van der Waals surface area contributed by atoms with Crippen LogP contribution in [0.1, 0.15) is 18.1 Å². The third-order valence-corrected chi connectivity index (χ3v) is 4.21. The number of aryl methyl sites for hydroxylation is 1. The molecule has 1 atom stereocenters. The number of rotatable bonds is 4. The van der Waals surface area contributed by atoms with Gasteiger partial charge < -0.3 is 11.1 Å². The number of carbonyl (C=O) groups is 1. The van der Waals surface area contributed by atoms with Crippen LogP contribution in [-0.2, 0) is 10.3 Å². The molecule has 3 nitrogen and oxygen atoms in total. The minimum Gasteiger partial charge on any atom is -0.368 e. The number of hydrogen-bond donors (Lipinski definition) is 2. The Morgan fingerprint density at radius 3 is 2.48 bits per heavy atom. The van der Waals surface area contributed by atoms with Crippen LogP contribution < -0.4 is 11.1 Å². The smallest absolute Gasteiger partial charge is 0.247 e. The van der Waals surface area contributed by atoms with Crippen LogP contribution in [0.3, 0.4) is 0 Å². The van der Waals surface area contributed by atoms with E-state index in [-0.39, 0.29) is 0 Å². The van der Waals surface area contributed by atoms with Crippen molar-refractivity contribution in [2.75, 3.05) is 5.32 Å². The first-order valence-electron chi connectivity index (χ1n) is 6.44. The molecule has 0 spiro atoms. The summed E-state index contributed by atoms with van der Waals surface area (Å²) in [6.45, 7) is 3.66. The monoisotopic (exact) mass is 322 g/mol. The molecule has 0 aliphatic heterocycles. The molecule has 0 bridgehead atoms.